The summed E-state index contributed by atoms with van der Waals surface area (Å²) in [4.78, 5) is 0. The van der Waals surface area contributed by atoms with Crippen LogP contribution in [0, 0.1) is 5.92 Å². The average Bonchev–Trinajstić information content (AvgIpc) is 3.04. The van der Waals surface area contributed by atoms with Gasteiger partial charge in [0.15, 0.2) is 0 Å². The van der Waals surface area contributed by atoms with Crippen molar-refractivity contribution in [2.24, 2.45) is 11.7 Å². The van der Waals surface area contributed by atoms with E-state index in [1.54, 1.807) is 0 Å². The Morgan fingerprint density at radius 3 is 2.81 bits per heavy atom. The minimum Gasteiger partial charge on any atom is -0.330 e. The van der Waals surface area contributed by atoms with Gasteiger partial charge in [-0.05, 0) is 67.2 Å². The molecule has 1 aromatic rings. The summed E-state index contributed by atoms with van der Waals surface area (Å²) in [5, 5.41) is 0.980. The maximum atomic E-state index is 6.37. The number of fused-ring (bicyclic) bond motifs is 1. The van der Waals surface area contributed by atoms with Crippen LogP contribution >= 0.6 is 11.6 Å². The van der Waals surface area contributed by atoms with Gasteiger partial charge in [-0.15, -0.1) is 0 Å². The Morgan fingerprint density at radius 2 is 2.12 bits per heavy atom. The Hall–Kier alpha value is -0.530. The molecule has 3 rings (SSSR count). The molecule has 2 aliphatic rings. The zero-order chi connectivity index (χ0) is 11.1. The summed E-state index contributed by atoms with van der Waals surface area (Å²) in [5.74, 6) is 2.28. The highest BCUT2D eigenvalue weighted by Crippen LogP contribution is 2.55. The van der Waals surface area contributed by atoms with Crippen molar-refractivity contribution in [1.82, 2.24) is 0 Å². The van der Waals surface area contributed by atoms with E-state index in [0.717, 1.165) is 29.8 Å². The van der Waals surface area contributed by atoms with Crippen LogP contribution in [0.15, 0.2) is 18.2 Å². The fourth-order valence-electron chi connectivity index (χ4n) is 3.25. The molecule has 16 heavy (non-hydrogen) atoms. The molecule has 0 heterocycles. The van der Waals surface area contributed by atoms with E-state index in [1.807, 2.05) is 6.07 Å². The quantitative estimate of drug-likeness (QED) is 0.850. The van der Waals surface area contributed by atoms with Crippen molar-refractivity contribution < 1.29 is 0 Å². The third-order valence-electron chi connectivity index (χ3n) is 4.14. The molecule has 2 atom stereocenters. The van der Waals surface area contributed by atoms with Crippen LogP contribution in [0.5, 0.6) is 0 Å². The number of hydrogen-bond acceptors (Lipinski definition) is 1. The van der Waals surface area contributed by atoms with Crippen LogP contribution in [-0.2, 0) is 0 Å². The Bertz CT molecular complexity index is 398. The third kappa shape index (κ3) is 1.66. The predicted octanol–water partition coefficient (Wildman–Crippen LogP) is 3.67. The lowest BCUT2D eigenvalue weighted by atomic mass is 9.95. The maximum absolute atomic E-state index is 6.37. The molecular weight excluding hydrogens is 218 g/mol. The van der Waals surface area contributed by atoms with Crippen molar-refractivity contribution in [3.05, 3.63) is 34.3 Å². The molecule has 1 saturated carbocycles. The molecule has 0 aliphatic heterocycles. The molecule has 1 fully saturated rings. The van der Waals surface area contributed by atoms with E-state index in [4.69, 9.17) is 17.3 Å². The zero-order valence-electron chi connectivity index (χ0n) is 9.45. The minimum absolute atomic E-state index is 0.657. The molecule has 1 aromatic carbocycles. The van der Waals surface area contributed by atoms with Gasteiger partial charge in [0.25, 0.3) is 0 Å². The first kappa shape index (κ1) is 10.6. The van der Waals surface area contributed by atoms with E-state index in [-0.39, 0.29) is 0 Å². The molecule has 2 heteroatoms. The van der Waals surface area contributed by atoms with Gasteiger partial charge >= 0.3 is 0 Å². The van der Waals surface area contributed by atoms with Gasteiger partial charge in [-0.25, -0.2) is 0 Å². The lowest BCUT2D eigenvalue weighted by molar-refractivity contribution is 0.523. The molecule has 86 valence electrons. The van der Waals surface area contributed by atoms with Crippen molar-refractivity contribution in [2.45, 2.75) is 37.5 Å². The van der Waals surface area contributed by atoms with Crippen LogP contribution in [-0.4, -0.2) is 6.54 Å². The molecule has 2 aliphatic carbocycles. The number of rotatable bonds is 3. The Balaban J connectivity index is 1.99. The predicted molar refractivity (Wildman–Crippen MR) is 67.9 cm³/mol. The van der Waals surface area contributed by atoms with Gasteiger partial charge in [-0.2, -0.15) is 0 Å². The van der Waals surface area contributed by atoms with Crippen molar-refractivity contribution in [2.75, 3.05) is 6.54 Å². The Morgan fingerprint density at radius 1 is 1.31 bits per heavy atom. The first-order valence-electron chi connectivity index (χ1n) is 6.29. The molecule has 0 saturated heterocycles. The molecule has 0 radical (unpaired) electrons. The highest BCUT2D eigenvalue weighted by molar-refractivity contribution is 6.31. The Labute approximate surface area is 102 Å². The van der Waals surface area contributed by atoms with Crippen molar-refractivity contribution in [1.29, 1.82) is 0 Å². The van der Waals surface area contributed by atoms with Gasteiger partial charge in [0.2, 0.25) is 0 Å². The fraction of sp³-hybridized carbons (Fsp3) is 0.571. The van der Waals surface area contributed by atoms with Crippen molar-refractivity contribution >= 4 is 11.6 Å². The normalized spacial score (nSPS) is 28.1. The van der Waals surface area contributed by atoms with Crippen molar-refractivity contribution in [3.63, 3.8) is 0 Å². The SMILES string of the molecule is NCCC1CC(C2CC2)c2c(Cl)cccc21. The van der Waals surface area contributed by atoms with Crippen LogP contribution in [0.25, 0.3) is 0 Å². The summed E-state index contributed by atoms with van der Waals surface area (Å²) < 4.78 is 0. The van der Waals surface area contributed by atoms with Crippen LogP contribution < -0.4 is 5.73 Å². The van der Waals surface area contributed by atoms with E-state index in [2.05, 4.69) is 12.1 Å². The standard InChI is InChI=1S/C14H18ClN/c15-13-3-1-2-11-10(6-7-16)8-12(14(11)13)9-4-5-9/h1-3,9-10,12H,4-8,16H2. The molecule has 2 N–H and O–H groups in total. The van der Waals surface area contributed by atoms with Gasteiger partial charge < -0.3 is 5.73 Å². The molecule has 0 bridgehead atoms. The summed E-state index contributed by atoms with van der Waals surface area (Å²) >= 11 is 6.37. The first-order chi connectivity index (χ1) is 7.81. The van der Waals surface area contributed by atoms with E-state index in [1.165, 1.54) is 30.4 Å². The highest BCUT2D eigenvalue weighted by Gasteiger charge is 2.41. The van der Waals surface area contributed by atoms with Crippen LogP contribution in [0.2, 0.25) is 5.02 Å². The molecule has 0 aromatic heterocycles. The molecule has 0 amide bonds. The smallest absolute Gasteiger partial charge is 0.0443 e. The molecule has 0 spiro atoms. The van der Waals surface area contributed by atoms with Gasteiger partial charge in [-0.1, -0.05) is 23.7 Å². The van der Waals surface area contributed by atoms with Crippen LogP contribution in [0.1, 0.15) is 48.6 Å². The number of hydrogen-bond donors (Lipinski definition) is 1. The van der Waals surface area contributed by atoms with Crippen LogP contribution in [0.3, 0.4) is 0 Å². The summed E-state index contributed by atoms with van der Waals surface area (Å²) in [6, 6.07) is 6.38. The van der Waals surface area contributed by atoms with Gasteiger partial charge in [0.1, 0.15) is 0 Å². The third-order valence-corrected chi connectivity index (χ3v) is 4.47. The second-order valence-corrected chi connectivity index (χ2v) is 5.60. The van der Waals surface area contributed by atoms with E-state index < -0.39 is 0 Å². The maximum Gasteiger partial charge on any atom is 0.0443 e. The largest absolute Gasteiger partial charge is 0.330 e. The van der Waals surface area contributed by atoms with E-state index in [9.17, 15) is 0 Å². The summed E-state index contributed by atoms with van der Waals surface area (Å²) in [6.07, 6.45) is 5.17. The highest BCUT2D eigenvalue weighted by atomic mass is 35.5. The molecule has 2 unspecified atom stereocenters. The second kappa shape index (κ2) is 4.05. The van der Waals surface area contributed by atoms with Crippen molar-refractivity contribution in [3.8, 4) is 0 Å². The summed E-state index contributed by atoms with van der Waals surface area (Å²) in [5.41, 5.74) is 8.64. The summed E-state index contributed by atoms with van der Waals surface area (Å²) in [7, 11) is 0. The fourth-order valence-corrected chi connectivity index (χ4v) is 3.58. The Kier molecular flexibility index (Phi) is 2.68. The lowest BCUT2D eigenvalue weighted by Crippen LogP contribution is -2.05. The number of nitrogens with two attached hydrogens (primary N) is 1. The monoisotopic (exact) mass is 235 g/mol. The van der Waals surface area contributed by atoms with Gasteiger partial charge in [0.05, 0.1) is 0 Å². The molecular formula is C14H18ClN. The van der Waals surface area contributed by atoms with E-state index >= 15 is 0 Å². The van der Waals surface area contributed by atoms with Gasteiger partial charge in [-0.3, -0.25) is 0 Å². The van der Waals surface area contributed by atoms with Crippen LogP contribution in [0.4, 0.5) is 0 Å². The molecule has 1 nitrogen and oxygen atoms in total. The van der Waals surface area contributed by atoms with E-state index in [0.29, 0.717) is 5.92 Å². The van der Waals surface area contributed by atoms with Gasteiger partial charge in [0, 0.05) is 5.02 Å². The number of benzene rings is 1. The topological polar surface area (TPSA) is 26.0 Å². The first-order valence-corrected chi connectivity index (χ1v) is 6.67. The minimum atomic E-state index is 0.657. The number of halogens is 1. The summed E-state index contributed by atoms with van der Waals surface area (Å²) in [6.45, 7) is 0.786. The zero-order valence-corrected chi connectivity index (χ0v) is 10.2. The second-order valence-electron chi connectivity index (χ2n) is 5.20. The lowest BCUT2D eigenvalue weighted by Gasteiger charge is -2.11. The average molecular weight is 236 g/mol.